The van der Waals surface area contributed by atoms with Crippen molar-refractivity contribution in [3.8, 4) is 0 Å². The number of rotatable bonds is 3. The van der Waals surface area contributed by atoms with Crippen molar-refractivity contribution in [3.63, 3.8) is 0 Å². The van der Waals surface area contributed by atoms with E-state index in [9.17, 15) is 0 Å². The van der Waals surface area contributed by atoms with Gasteiger partial charge in [0.25, 0.3) is 0 Å². The minimum Gasteiger partial charge on any atom is -0.377 e. The molecule has 0 aromatic carbocycles. The summed E-state index contributed by atoms with van der Waals surface area (Å²) in [5.74, 6) is 2.49. The van der Waals surface area contributed by atoms with E-state index in [4.69, 9.17) is 4.74 Å². The van der Waals surface area contributed by atoms with E-state index in [0.29, 0.717) is 18.1 Å². The lowest BCUT2D eigenvalue weighted by atomic mass is 9.57. The lowest BCUT2D eigenvalue weighted by Gasteiger charge is -2.55. The zero-order chi connectivity index (χ0) is 13.5. The maximum atomic E-state index is 5.84. The lowest BCUT2D eigenvalue weighted by Crippen LogP contribution is -2.68. The number of hydrogen-bond acceptors (Lipinski definition) is 2. The van der Waals surface area contributed by atoms with Crippen molar-refractivity contribution in [2.24, 2.45) is 22.2 Å². The van der Waals surface area contributed by atoms with E-state index >= 15 is 0 Å². The molecule has 3 unspecified atom stereocenters. The molecule has 1 aliphatic heterocycles. The van der Waals surface area contributed by atoms with Gasteiger partial charge in [-0.05, 0) is 25.2 Å². The summed E-state index contributed by atoms with van der Waals surface area (Å²) in [5, 5.41) is 7.11. The van der Waals surface area contributed by atoms with Crippen LogP contribution in [0.4, 0.5) is 0 Å². The van der Waals surface area contributed by atoms with Gasteiger partial charge in [-0.25, -0.2) is 0 Å². The highest BCUT2D eigenvalue weighted by Crippen LogP contribution is 2.52. The maximum Gasteiger partial charge on any atom is 0.191 e. The van der Waals surface area contributed by atoms with Gasteiger partial charge in [-0.1, -0.05) is 20.3 Å². The summed E-state index contributed by atoms with van der Waals surface area (Å²) in [7, 11) is 1.87. The molecule has 0 amide bonds. The number of nitrogens with zero attached hydrogens (tertiary/aromatic N) is 1. The molecule has 0 aromatic heterocycles. The third kappa shape index (κ3) is 2.80. The van der Waals surface area contributed by atoms with Crippen molar-refractivity contribution < 1.29 is 4.74 Å². The van der Waals surface area contributed by atoms with Gasteiger partial charge in [-0.15, -0.1) is 24.0 Å². The summed E-state index contributed by atoms with van der Waals surface area (Å²) in [6.07, 6.45) is 5.77. The molecule has 4 nitrogen and oxygen atoms in total. The summed E-state index contributed by atoms with van der Waals surface area (Å²) in [4.78, 5) is 4.37. The van der Waals surface area contributed by atoms with Crippen LogP contribution in [0.3, 0.4) is 0 Å². The Balaban J connectivity index is 0.00000147. The van der Waals surface area contributed by atoms with Crippen molar-refractivity contribution >= 4 is 29.9 Å². The first-order valence-electron chi connectivity index (χ1n) is 7.71. The Labute approximate surface area is 139 Å². The Hall–Kier alpha value is -0.0400. The smallest absolute Gasteiger partial charge is 0.191 e. The number of ether oxygens (including phenoxy) is 1. The van der Waals surface area contributed by atoms with E-state index in [1.165, 1.54) is 25.7 Å². The molecule has 2 N–H and O–H groups in total. The van der Waals surface area contributed by atoms with Crippen molar-refractivity contribution in [3.05, 3.63) is 0 Å². The SMILES string of the molecule is CN=C(NCC1CCC1)NC1C2CCOC2C1(C)C.I. The molecular weight excluding hydrogens is 365 g/mol. The predicted molar refractivity (Wildman–Crippen MR) is 92.7 cm³/mol. The predicted octanol–water partition coefficient (Wildman–Crippen LogP) is 2.38. The molecule has 3 aliphatic rings. The zero-order valence-electron chi connectivity index (χ0n) is 12.8. The lowest BCUT2D eigenvalue weighted by molar-refractivity contribution is -0.106. The molecule has 3 rings (SSSR count). The van der Waals surface area contributed by atoms with Crippen LogP contribution in [0, 0.1) is 17.3 Å². The van der Waals surface area contributed by atoms with Crippen molar-refractivity contribution in [2.75, 3.05) is 20.2 Å². The Bertz CT molecular complexity index is 368. The van der Waals surface area contributed by atoms with Crippen LogP contribution in [0.5, 0.6) is 0 Å². The molecule has 3 atom stereocenters. The van der Waals surface area contributed by atoms with Crippen molar-refractivity contribution in [2.45, 2.75) is 51.7 Å². The average molecular weight is 393 g/mol. The number of aliphatic imine (C=N–C) groups is 1. The number of fused-ring (bicyclic) bond motifs is 1. The molecule has 0 radical (unpaired) electrons. The van der Waals surface area contributed by atoms with Crippen LogP contribution < -0.4 is 10.6 Å². The molecule has 20 heavy (non-hydrogen) atoms. The maximum absolute atomic E-state index is 5.84. The van der Waals surface area contributed by atoms with Crippen molar-refractivity contribution in [1.82, 2.24) is 10.6 Å². The van der Waals surface area contributed by atoms with E-state index in [0.717, 1.165) is 25.0 Å². The second kappa shape index (κ2) is 6.38. The van der Waals surface area contributed by atoms with Crippen LogP contribution in [0.15, 0.2) is 4.99 Å². The Morgan fingerprint density at radius 3 is 2.65 bits per heavy atom. The number of hydrogen-bond donors (Lipinski definition) is 2. The molecule has 116 valence electrons. The highest BCUT2D eigenvalue weighted by molar-refractivity contribution is 14.0. The Morgan fingerprint density at radius 2 is 2.05 bits per heavy atom. The van der Waals surface area contributed by atoms with Gasteiger partial charge in [0.15, 0.2) is 5.96 Å². The first kappa shape index (κ1) is 16.3. The third-order valence-corrected chi connectivity index (χ3v) is 5.40. The first-order chi connectivity index (χ1) is 9.13. The van der Waals surface area contributed by atoms with E-state index in [2.05, 4.69) is 29.5 Å². The highest BCUT2D eigenvalue weighted by atomic mass is 127. The number of guanidine groups is 1. The Morgan fingerprint density at radius 1 is 1.30 bits per heavy atom. The van der Waals surface area contributed by atoms with Crippen LogP contribution in [-0.4, -0.2) is 38.3 Å². The van der Waals surface area contributed by atoms with Crippen LogP contribution in [-0.2, 0) is 4.74 Å². The minimum absolute atomic E-state index is 0. The Kier molecular flexibility index (Phi) is 5.21. The van der Waals surface area contributed by atoms with Crippen LogP contribution in [0.2, 0.25) is 0 Å². The van der Waals surface area contributed by atoms with Gasteiger partial charge in [-0.3, -0.25) is 4.99 Å². The van der Waals surface area contributed by atoms with Gasteiger partial charge in [0.05, 0.1) is 6.10 Å². The first-order valence-corrected chi connectivity index (χ1v) is 7.71. The fourth-order valence-corrected chi connectivity index (χ4v) is 3.90. The molecule has 0 spiro atoms. The third-order valence-electron chi connectivity index (χ3n) is 5.40. The second-order valence-corrected chi connectivity index (χ2v) is 6.94. The molecule has 2 aliphatic carbocycles. The molecule has 0 aromatic rings. The van der Waals surface area contributed by atoms with E-state index < -0.39 is 0 Å². The largest absolute Gasteiger partial charge is 0.377 e. The second-order valence-electron chi connectivity index (χ2n) is 6.94. The van der Waals surface area contributed by atoms with Gasteiger partial charge in [0.2, 0.25) is 0 Å². The molecular formula is C15H28IN3O. The molecule has 3 fully saturated rings. The van der Waals surface area contributed by atoms with Crippen molar-refractivity contribution in [1.29, 1.82) is 0 Å². The summed E-state index contributed by atoms with van der Waals surface area (Å²) in [5.41, 5.74) is 0.218. The van der Waals surface area contributed by atoms with Crippen LogP contribution in [0.1, 0.15) is 39.5 Å². The fraction of sp³-hybridized carbons (Fsp3) is 0.933. The van der Waals surface area contributed by atoms with Gasteiger partial charge < -0.3 is 15.4 Å². The van der Waals surface area contributed by atoms with Gasteiger partial charge in [-0.2, -0.15) is 0 Å². The van der Waals surface area contributed by atoms with Crippen LogP contribution >= 0.6 is 24.0 Å². The van der Waals surface area contributed by atoms with Gasteiger partial charge in [0, 0.05) is 37.6 Å². The highest BCUT2D eigenvalue weighted by Gasteiger charge is 2.59. The van der Waals surface area contributed by atoms with E-state index in [1.807, 2.05) is 7.05 Å². The molecule has 0 bridgehead atoms. The summed E-state index contributed by atoms with van der Waals surface area (Å²) in [6, 6.07) is 0.493. The summed E-state index contributed by atoms with van der Waals surface area (Å²) >= 11 is 0. The van der Waals surface area contributed by atoms with Gasteiger partial charge >= 0.3 is 0 Å². The van der Waals surface area contributed by atoms with E-state index in [-0.39, 0.29) is 29.4 Å². The van der Waals surface area contributed by atoms with Gasteiger partial charge in [0.1, 0.15) is 0 Å². The molecule has 1 saturated heterocycles. The normalized spacial score (nSPS) is 35.4. The standard InChI is InChI=1S/C15H27N3O.HI/c1-15(2)12(11-7-8-19-13(11)15)18-14(16-3)17-9-10-5-4-6-10;/h10-13H,4-9H2,1-3H3,(H2,16,17,18);1H. The average Bonchev–Trinajstić information content (AvgIpc) is 2.77. The number of nitrogens with one attached hydrogen (secondary N) is 2. The molecule has 2 saturated carbocycles. The summed E-state index contributed by atoms with van der Waals surface area (Å²) < 4.78 is 5.84. The quantitative estimate of drug-likeness (QED) is 0.440. The monoisotopic (exact) mass is 393 g/mol. The fourth-order valence-electron chi connectivity index (χ4n) is 3.90. The minimum atomic E-state index is 0. The van der Waals surface area contributed by atoms with Crippen LogP contribution in [0.25, 0.3) is 0 Å². The number of halogens is 1. The topological polar surface area (TPSA) is 45.7 Å². The molecule has 5 heteroatoms. The van der Waals surface area contributed by atoms with E-state index in [1.54, 1.807) is 0 Å². The zero-order valence-corrected chi connectivity index (χ0v) is 15.1. The molecule has 1 heterocycles. The summed E-state index contributed by atoms with van der Waals surface area (Å²) in [6.45, 7) is 6.59.